The van der Waals surface area contributed by atoms with Crippen LogP contribution in [0.1, 0.15) is 28.7 Å². The average molecular weight is 385 g/mol. The van der Waals surface area contributed by atoms with Gasteiger partial charge in [-0.1, -0.05) is 14.9 Å². The second kappa shape index (κ2) is 19.4. The minimum Gasteiger partial charge on any atom is -0.391 e. The van der Waals surface area contributed by atoms with Crippen molar-refractivity contribution >= 4 is 0 Å². The first-order valence-corrected chi connectivity index (χ1v) is 8.50. The second-order valence-electron chi connectivity index (χ2n) is 5.93. The molecule has 0 aromatic heterocycles. The van der Waals surface area contributed by atoms with E-state index < -0.39 is 24.4 Å². The number of ether oxygens (including phenoxy) is 2. The molecule has 0 amide bonds. The maximum Gasteiger partial charge on any atom is 0.0951 e. The van der Waals surface area contributed by atoms with Crippen molar-refractivity contribution in [3.63, 3.8) is 0 Å². The summed E-state index contributed by atoms with van der Waals surface area (Å²) in [6.07, 6.45) is -2.42. The van der Waals surface area contributed by atoms with Crippen LogP contribution in [0, 0.1) is 0 Å². The summed E-state index contributed by atoms with van der Waals surface area (Å²) >= 11 is 0. The van der Waals surface area contributed by atoms with Gasteiger partial charge in [-0.2, -0.15) is 0 Å². The van der Waals surface area contributed by atoms with Crippen molar-refractivity contribution in [3.8, 4) is 0 Å². The van der Waals surface area contributed by atoms with Crippen LogP contribution in [-0.2, 0) is 9.47 Å². The molecule has 0 aromatic carbocycles. The standard InChI is InChI=1S/C15H36N4O5.2CH4/c1-11(20)8-24-12(2)9-23-10-14(22)15(19-6-4-17)13(21)7-18-5-3-16;;/h11-15,18-22H,3-10,16-17H2,1-2H3;2*1H4. The third-order valence-corrected chi connectivity index (χ3v) is 3.29. The Labute approximate surface area is 159 Å². The predicted octanol–water partition coefficient (Wildman–Crippen LogP) is -1.75. The van der Waals surface area contributed by atoms with Gasteiger partial charge in [0.2, 0.25) is 0 Å². The monoisotopic (exact) mass is 384 g/mol. The zero-order valence-corrected chi connectivity index (χ0v) is 14.9. The highest BCUT2D eigenvalue weighted by molar-refractivity contribution is 4.84. The normalized spacial score (nSPS) is 16.7. The van der Waals surface area contributed by atoms with Gasteiger partial charge in [0.1, 0.15) is 0 Å². The van der Waals surface area contributed by atoms with Crippen LogP contribution in [0.2, 0.25) is 0 Å². The lowest BCUT2D eigenvalue weighted by atomic mass is 10.0. The molecule has 9 nitrogen and oxygen atoms in total. The van der Waals surface area contributed by atoms with Crippen LogP contribution in [0.4, 0.5) is 0 Å². The molecule has 0 heterocycles. The maximum absolute atomic E-state index is 10.3. The van der Waals surface area contributed by atoms with Crippen molar-refractivity contribution < 1.29 is 24.8 Å². The molecule has 0 aliphatic carbocycles. The van der Waals surface area contributed by atoms with Gasteiger partial charge in [0.15, 0.2) is 0 Å². The van der Waals surface area contributed by atoms with Gasteiger partial charge in [-0.3, -0.25) is 0 Å². The van der Waals surface area contributed by atoms with Gasteiger partial charge >= 0.3 is 0 Å². The SMILES string of the molecule is C.C.CC(O)COC(C)COCC(O)C(NCCN)C(O)CNCCN. The number of rotatable bonds is 16. The predicted molar refractivity (Wildman–Crippen MR) is 106 cm³/mol. The fraction of sp³-hybridized carbons (Fsp3) is 1.00. The van der Waals surface area contributed by atoms with Gasteiger partial charge in [-0.15, -0.1) is 0 Å². The molecule has 0 aromatic rings. The molecule has 0 rings (SSSR count). The first kappa shape index (κ1) is 30.4. The average Bonchev–Trinajstić information content (AvgIpc) is 2.53. The van der Waals surface area contributed by atoms with Crippen LogP contribution in [0.25, 0.3) is 0 Å². The summed E-state index contributed by atoms with van der Waals surface area (Å²) in [7, 11) is 0. The Hall–Kier alpha value is -0.360. The molecule has 0 aliphatic heterocycles. The summed E-state index contributed by atoms with van der Waals surface area (Å²) in [5.74, 6) is 0. The van der Waals surface area contributed by atoms with Crippen LogP contribution >= 0.6 is 0 Å². The minimum absolute atomic E-state index is 0. The molecule has 0 saturated heterocycles. The van der Waals surface area contributed by atoms with Gasteiger partial charge in [0, 0.05) is 32.7 Å². The zero-order valence-electron chi connectivity index (χ0n) is 14.9. The van der Waals surface area contributed by atoms with Gasteiger partial charge < -0.3 is 46.9 Å². The van der Waals surface area contributed by atoms with Crippen LogP contribution in [0.3, 0.4) is 0 Å². The molecule has 9 N–H and O–H groups in total. The first-order valence-electron chi connectivity index (χ1n) is 8.50. The van der Waals surface area contributed by atoms with Crippen LogP contribution < -0.4 is 22.1 Å². The van der Waals surface area contributed by atoms with Crippen LogP contribution in [0.15, 0.2) is 0 Å². The van der Waals surface area contributed by atoms with Crippen molar-refractivity contribution in [1.29, 1.82) is 0 Å². The van der Waals surface area contributed by atoms with Crippen LogP contribution in [-0.4, -0.2) is 98.3 Å². The van der Waals surface area contributed by atoms with E-state index in [-0.39, 0.29) is 40.8 Å². The van der Waals surface area contributed by atoms with E-state index in [1.165, 1.54) is 0 Å². The Balaban J connectivity index is -0.00000264. The maximum atomic E-state index is 10.3. The Morgan fingerprint density at radius 2 is 1.50 bits per heavy atom. The quantitative estimate of drug-likeness (QED) is 0.153. The fourth-order valence-electron chi connectivity index (χ4n) is 2.07. The van der Waals surface area contributed by atoms with E-state index in [1.807, 2.05) is 6.92 Å². The smallest absolute Gasteiger partial charge is 0.0951 e. The van der Waals surface area contributed by atoms with Crippen molar-refractivity contribution in [1.82, 2.24) is 10.6 Å². The summed E-state index contributed by atoms with van der Waals surface area (Å²) in [5.41, 5.74) is 10.9. The Morgan fingerprint density at radius 1 is 0.885 bits per heavy atom. The minimum atomic E-state index is -0.893. The molecule has 9 heteroatoms. The van der Waals surface area contributed by atoms with E-state index in [1.54, 1.807) is 6.92 Å². The molecule has 5 atom stereocenters. The number of hydrogen-bond acceptors (Lipinski definition) is 9. The third kappa shape index (κ3) is 15.9. The number of nitrogens with one attached hydrogen (secondary N) is 2. The van der Waals surface area contributed by atoms with Gasteiger partial charge in [0.05, 0.1) is 50.3 Å². The molecular weight excluding hydrogens is 340 g/mol. The molecule has 5 unspecified atom stereocenters. The Morgan fingerprint density at radius 3 is 2.04 bits per heavy atom. The Kier molecular flexibility index (Phi) is 22.7. The van der Waals surface area contributed by atoms with E-state index in [4.69, 9.17) is 26.0 Å². The van der Waals surface area contributed by atoms with Crippen molar-refractivity contribution in [2.75, 3.05) is 52.5 Å². The summed E-state index contributed by atoms with van der Waals surface area (Å²) in [5, 5.41) is 35.7. The van der Waals surface area contributed by atoms with E-state index in [0.717, 1.165) is 0 Å². The third-order valence-electron chi connectivity index (χ3n) is 3.29. The fourth-order valence-corrected chi connectivity index (χ4v) is 2.07. The van der Waals surface area contributed by atoms with Crippen molar-refractivity contribution in [2.24, 2.45) is 11.5 Å². The molecule has 0 fully saturated rings. The summed E-state index contributed by atoms with van der Waals surface area (Å²) in [4.78, 5) is 0. The number of hydrogen-bond donors (Lipinski definition) is 7. The Bertz CT molecular complexity index is 288. The lowest BCUT2D eigenvalue weighted by Crippen LogP contribution is -2.54. The van der Waals surface area contributed by atoms with Gasteiger partial charge in [-0.05, 0) is 13.8 Å². The number of aliphatic hydroxyl groups is 3. The lowest BCUT2D eigenvalue weighted by Gasteiger charge is -2.29. The number of aliphatic hydroxyl groups excluding tert-OH is 3. The second-order valence-corrected chi connectivity index (χ2v) is 5.93. The van der Waals surface area contributed by atoms with E-state index in [2.05, 4.69) is 10.6 Å². The lowest BCUT2D eigenvalue weighted by molar-refractivity contribution is -0.0638. The molecule has 162 valence electrons. The summed E-state index contributed by atoms with van der Waals surface area (Å²) in [6, 6.07) is -0.562. The summed E-state index contributed by atoms with van der Waals surface area (Å²) in [6.45, 7) is 6.29. The molecule has 26 heavy (non-hydrogen) atoms. The molecule has 0 bridgehead atoms. The highest BCUT2D eigenvalue weighted by atomic mass is 16.5. The largest absolute Gasteiger partial charge is 0.391 e. The zero-order chi connectivity index (χ0) is 18.4. The molecule has 0 radical (unpaired) electrons. The van der Waals surface area contributed by atoms with E-state index in [9.17, 15) is 10.2 Å². The molecule has 0 saturated carbocycles. The summed E-state index contributed by atoms with van der Waals surface area (Å²) < 4.78 is 10.8. The van der Waals surface area contributed by atoms with E-state index >= 15 is 0 Å². The first-order chi connectivity index (χ1) is 11.4. The molecule has 0 aliphatic rings. The topological polar surface area (TPSA) is 155 Å². The highest BCUT2D eigenvalue weighted by Gasteiger charge is 2.26. The highest BCUT2D eigenvalue weighted by Crippen LogP contribution is 2.03. The number of nitrogens with two attached hydrogens (primary N) is 2. The van der Waals surface area contributed by atoms with Crippen molar-refractivity contribution in [3.05, 3.63) is 0 Å². The van der Waals surface area contributed by atoms with Gasteiger partial charge in [0.25, 0.3) is 0 Å². The van der Waals surface area contributed by atoms with Gasteiger partial charge in [-0.25, -0.2) is 0 Å². The van der Waals surface area contributed by atoms with Crippen molar-refractivity contribution in [2.45, 2.75) is 59.2 Å². The molecular formula is C17H44N4O5. The van der Waals surface area contributed by atoms with E-state index in [0.29, 0.717) is 32.7 Å². The van der Waals surface area contributed by atoms with Crippen LogP contribution in [0.5, 0.6) is 0 Å². The molecule has 0 spiro atoms.